The first-order valence-electron chi connectivity index (χ1n) is 4.37. The summed E-state index contributed by atoms with van der Waals surface area (Å²) in [5.41, 5.74) is 0. The van der Waals surface area contributed by atoms with Crippen LogP contribution < -0.4 is 0 Å². The van der Waals surface area contributed by atoms with Gasteiger partial charge in [0.05, 0.1) is 5.75 Å². The molecule has 0 radical (unpaired) electrons. The summed E-state index contributed by atoms with van der Waals surface area (Å²) in [6.45, 7) is 4.35. The monoisotopic (exact) mass is 242 g/mol. The minimum absolute atomic E-state index is 0.114. The van der Waals surface area contributed by atoms with Gasteiger partial charge in [-0.25, -0.2) is 8.42 Å². The van der Waals surface area contributed by atoms with E-state index in [1.807, 2.05) is 11.8 Å². The molecule has 1 aliphatic heterocycles. The van der Waals surface area contributed by atoms with Gasteiger partial charge in [0.15, 0.2) is 0 Å². The predicted octanol–water partition coefficient (Wildman–Crippen LogP) is 2.48. The van der Waals surface area contributed by atoms with Crippen LogP contribution in [0.3, 0.4) is 0 Å². The number of hydrogen-bond acceptors (Lipinski definition) is 3. The van der Waals surface area contributed by atoms with Gasteiger partial charge in [-0.15, -0.1) is 0 Å². The van der Waals surface area contributed by atoms with Gasteiger partial charge in [-0.2, -0.15) is 11.8 Å². The molecule has 2 nitrogen and oxygen atoms in total. The van der Waals surface area contributed by atoms with Crippen molar-refractivity contribution in [3.63, 3.8) is 0 Å². The lowest BCUT2D eigenvalue weighted by Crippen LogP contribution is -2.23. The number of hydrogen-bond donors (Lipinski definition) is 0. The normalized spacial score (nSPS) is 27.8. The van der Waals surface area contributed by atoms with Gasteiger partial charge in [0.25, 0.3) is 0 Å². The van der Waals surface area contributed by atoms with Gasteiger partial charge < -0.3 is 0 Å². The van der Waals surface area contributed by atoms with Gasteiger partial charge in [0.1, 0.15) is 0 Å². The average Bonchev–Trinajstić information content (AvgIpc) is 2.23. The molecule has 1 saturated heterocycles. The van der Waals surface area contributed by atoms with Gasteiger partial charge >= 0.3 is 0 Å². The van der Waals surface area contributed by atoms with Crippen molar-refractivity contribution in [2.24, 2.45) is 5.92 Å². The van der Waals surface area contributed by atoms with E-state index < -0.39 is 9.05 Å². The van der Waals surface area contributed by atoms with Crippen molar-refractivity contribution in [1.82, 2.24) is 0 Å². The third kappa shape index (κ3) is 3.68. The first-order valence-corrected chi connectivity index (χ1v) is 7.84. The molecule has 1 atom stereocenters. The largest absolute Gasteiger partial charge is 0.232 e. The van der Waals surface area contributed by atoms with E-state index in [9.17, 15) is 8.42 Å². The number of rotatable bonds is 3. The van der Waals surface area contributed by atoms with E-state index >= 15 is 0 Å². The van der Waals surface area contributed by atoms with Crippen LogP contribution in [0.2, 0.25) is 0 Å². The third-order valence-electron chi connectivity index (χ3n) is 2.63. The van der Waals surface area contributed by atoms with Crippen LogP contribution in [-0.4, -0.2) is 24.7 Å². The molecular weight excluding hydrogens is 228 g/mol. The highest BCUT2D eigenvalue weighted by Gasteiger charge is 2.35. The van der Waals surface area contributed by atoms with Crippen molar-refractivity contribution >= 4 is 31.5 Å². The smallest absolute Gasteiger partial charge is 0.212 e. The molecule has 13 heavy (non-hydrogen) atoms. The average molecular weight is 243 g/mol. The summed E-state index contributed by atoms with van der Waals surface area (Å²) in [7, 11) is 1.87. The summed E-state index contributed by atoms with van der Waals surface area (Å²) in [5, 5.41) is 0. The van der Waals surface area contributed by atoms with Crippen molar-refractivity contribution < 1.29 is 8.42 Å². The van der Waals surface area contributed by atoms with E-state index in [-0.39, 0.29) is 10.5 Å². The Bertz CT molecular complexity index is 272. The fourth-order valence-electron chi connectivity index (χ4n) is 1.70. The molecule has 0 aromatic heterocycles. The fourth-order valence-corrected chi connectivity index (χ4v) is 3.94. The van der Waals surface area contributed by atoms with Crippen molar-refractivity contribution in [3.05, 3.63) is 0 Å². The number of halogens is 1. The van der Waals surface area contributed by atoms with Crippen LogP contribution in [0.15, 0.2) is 0 Å². The second kappa shape index (κ2) is 3.99. The summed E-state index contributed by atoms with van der Waals surface area (Å²) >= 11 is 1.92. The maximum atomic E-state index is 10.8. The van der Waals surface area contributed by atoms with Crippen LogP contribution in [0.25, 0.3) is 0 Å². The Kier molecular flexibility index (Phi) is 3.58. The van der Waals surface area contributed by atoms with E-state index in [2.05, 4.69) is 13.8 Å². The topological polar surface area (TPSA) is 34.1 Å². The van der Waals surface area contributed by atoms with Gasteiger partial charge in [-0.05, 0) is 24.5 Å². The van der Waals surface area contributed by atoms with E-state index in [4.69, 9.17) is 10.7 Å². The molecule has 0 spiro atoms. The van der Waals surface area contributed by atoms with E-state index in [0.29, 0.717) is 12.3 Å². The quantitative estimate of drug-likeness (QED) is 0.713. The van der Waals surface area contributed by atoms with Gasteiger partial charge in [0, 0.05) is 15.4 Å². The molecule has 0 aliphatic carbocycles. The standard InChI is InChI=1S/C8H15ClO2S2/c1-8(2)7(3-5-12-8)4-6-13(9,10)11/h7H,3-6H2,1-2H3. The highest BCUT2D eigenvalue weighted by molar-refractivity contribution is 8.13. The van der Waals surface area contributed by atoms with Gasteiger partial charge in [0.2, 0.25) is 9.05 Å². The molecule has 0 bridgehead atoms. The van der Waals surface area contributed by atoms with Crippen molar-refractivity contribution in [2.45, 2.75) is 31.4 Å². The SMILES string of the molecule is CC1(C)SCCC1CCS(=O)(=O)Cl. The van der Waals surface area contributed by atoms with E-state index in [1.165, 1.54) is 0 Å². The lowest BCUT2D eigenvalue weighted by Gasteiger charge is -2.25. The highest BCUT2D eigenvalue weighted by atomic mass is 35.7. The maximum Gasteiger partial charge on any atom is 0.232 e. The predicted molar refractivity (Wildman–Crippen MR) is 58.9 cm³/mol. The molecule has 78 valence electrons. The summed E-state index contributed by atoms with van der Waals surface area (Å²) in [4.78, 5) is 0. The molecular formula is C8H15ClO2S2. The Morgan fingerprint density at radius 3 is 2.54 bits per heavy atom. The molecule has 0 amide bonds. The zero-order valence-corrected chi connectivity index (χ0v) is 10.3. The van der Waals surface area contributed by atoms with Crippen LogP contribution >= 0.6 is 22.4 Å². The molecule has 5 heteroatoms. The van der Waals surface area contributed by atoms with Crippen LogP contribution in [0.1, 0.15) is 26.7 Å². The first-order chi connectivity index (χ1) is 5.81. The molecule has 1 unspecified atom stereocenters. The molecule has 0 aromatic rings. The van der Waals surface area contributed by atoms with E-state index in [1.54, 1.807) is 0 Å². The minimum atomic E-state index is -3.30. The van der Waals surface area contributed by atoms with Crippen LogP contribution in [-0.2, 0) is 9.05 Å². The third-order valence-corrected chi connectivity index (χ3v) is 5.34. The fraction of sp³-hybridized carbons (Fsp3) is 1.00. The molecule has 1 rings (SSSR count). The molecule has 0 saturated carbocycles. The summed E-state index contributed by atoms with van der Waals surface area (Å²) in [6.07, 6.45) is 1.82. The summed E-state index contributed by atoms with van der Waals surface area (Å²) in [6, 6.07) is 0. The zero-order chi connectivity index (χ0) is 10.1. The van der Waals surface area contributed by atoms with Crippen LogP contribution in [0.5, 0.6) is 0 Å². The summed E-state index contributed by atoms with van der Waals surface area (Å²) in [5.74, 6) is 1.74. The molecule has 1 fully saturated rings. The Hall–Kier alpha value is 0.590. The Labute approximate surface area is 88.8 Å². The second-order valence-electron chi connectivity index (χ2n) is 3.97. The zero-order valence-electron chi connectivity index (χ0n) is 7.92. The molecule has 0 N–H and O–H groups in total. The lowest BCUT2D eigenvalue weighted by molar-refractivity contribution is 0.423. The Balaban J connectivity index is 2.46. The van der Waals surface area contributed by atoms with Crippen molar-refractivity contribution in [3.8, 4) is 0 Å². The van der Waals surface area contributed by atoms with Crippen LogP contribution in [0, 0.1) is 5.92 Å². The maximum absolute atomic E-state index is 10.8. The molecule has 0 aromatic carbocycles. The number of thioether (sulfide) groups is 1. The highest BCUT2D eigenvalue weighted by Crippen LogP contribution is 2.44. The van der Waals surface area contributed by atoms with Gasteiger partial charge in [-0.1, -0.05) is 13.8 Å². The molecule has 1 aliphatic rings. The summed E-state index contributed by atoms with van der Waals surface area (Å²) < 4.78 is 21.7. The van der Waals surface area contributed by atoms with Gasteiger partial charge in [-0.3, -0.25) is 0 Å². The molecule has 1 heterocycles. The van der Waals surface area contributed by atoms with Crippen molar-refractivity contribution in [2.75, 3.05) is 11.5 Å². The van der Waals surface area contributed by atoms with Crippen LogP contribution in [0.4, 0.5) is 0 Å². The minimum Gasteiger partial charge on any atom is -0.212 e. The Morgan fingerprint density at radius 2 is 2.15 bits per heavy atom. The lowest BCUT2D eigenvalue weighted by atomic mass is 9.90. The Morgan fingerprint density at radius 1 is 1.54 bits per heavy atom. The van der Waals surface area contributed by atoms with E-state index in [0.717, 1.165) is 12.2 Å². The van der Waals surface area contributed by atoms with Crippen molar-refractivity contribution in [1.29, 1.82) is 0 Å². The second-order valence-corrected chi connectivity index (χ2v) is 8.61. The first kappa shape index (κ1) is 11.7.